The van der Waals surface area contributed by atoms with Crippen LogP contribution in [0, 0.1) is 17.2 Å². The highest BCUT2D eigenvalue weighted by atomic mass is 31.2. The summed E-state index contributed by atoms with van der Waals surface area (Å²) in [5.41, 5.74) is -0.690. The number of aromatic nitrogens is 8. The van der Waals surface area contributed by atoms with Crippen LogP contribution in [0.2, 0.25) is 18.1 Å². The van der Waals surface area contributed by atoms with Gasteiger partial charge in [-0.1, -0.05) is 52.8 Å². The van der Waals surface area contributed by atoms with Gasteiger partial charge in [0.05, 0.1) is 45.0 Å². The number of carbonyl (C=O) groups excluding carboxylic acids is 2. The van der Waals surface area contributed by atoms with Crippen LogP contribution in [-0.2, 0) is 45.9 Å². The average molecular weight is 1020 g/mol. The number of hydrogen-bond donors (Lipinski definition) is 5. The number of fused-ring (bicyclic) bond motifs is 2. The van der Waals surface area contributed by atoms with Gasteiger partial charge in [-0.15, -0.1) is 0 Å². The molecule has 4 aromatic heterocycles. The highest BCUT2D eigenvalue weighted by molar-refractivity contribution is 7.48. The first-order chi connectivity index (χ1) is 32.6. The van der Waals surface area contributed by atoms with Gasteiger partial charge in [-0.2, -0.15) is 10.2 Å². The lowest BCUT2D eigenvalue weighted by Gasteiger charge is -2.40. The SMILES string of the molecule is CC(C)C(=O)Nc1nc2c(ncn2[C@@H]2O[C@H](CO)[C@H](O[Si](C)(C)C(C)(C)C)C2OP(=O)(OCCC#N)OC[C@H]2O[C@@H](n3cnc4c(NC(=O)c5ccccc5)ncnc43)C(F)[C@H]2O[PH](=O)O)c(=O)[nH]1. The van der Waals surface area contributed by atoms with Crippen molar-refractivity contribution in [3.63, 3.8) is 0 Å². The molecule has 4 unspecified atom stereocenters. The third-order valence-electron chi connectivity index (χ3n) is 11.7. The van der Waals surface area contributed by atoms with E-state index in [1.807, 2.05) is 39.9 Å². The summed E-state index contributed by atoms with van der Waals surface area (Å²) in [5.74, 6) is -1.70. The number of nitrogens with one attached hydrogen (secondary N) is 3. The number of ether oxygens (including phenoxy) is 2. The zero-order valence-electron chi connectivity index (χ0n) is 38.3. The fourth-order valence-electron chi connectivity index (χ4n) is 7.11. The van der Waals surface area contributed by atoms with E-state index in [4.69, 9.17) is 32.0 Å². The minimum Gasteiger partial charge on any atom is -0.408 e. The van der Waals surface area contributed by atoms with Crippen molar-refractivity contribution in [2.75, 3.05) is 30.5 Å². The molecule has 10 atom stereocenters. The molecule has 1 aromatic carbocycles. The van der Waals surface area contributed by atoms with Crippen molar-refractivity contribution < 1.29 is 65.1 Å². The molecule has 372 valence electrons. The van der Waals surface area contributed by atoms with Crippen molar-refractivity contribution in [2.45, 2.75) is 108 Å². The van der Waals surface area contributed by atoms with Crippen molar-refractivity contribution >= 4 is 70.3 Å². The molecule has 5 aromatic rings. The second kappa shape index (κ2) is 21.0. The Morgan fingerprint density at radius 1 is 1.00 bits per heavy atom. The Kier molecular flexibility index (Phi) is 15.7. The smallest absolute Gasteiger partial charge is 0.408 e. The highest BCUT2D eigenvalue weighted by Gasteiger charge is 2.55. The molecule has 2 aliphatic heterocycles. The number of phosphoric ester groups is 1. The molecule has 25 nitrogen and oxygen atoms in total. The number of nitrogens with zero attached hydrogens (tertiary/aromatic N) is 8. The Labute approximate surface area is 394 Å². The van der Waals surface area contributed by atoms with E-state index in [-0.39, 0.29) is 40.5 Å². The first-order valence-corrected chi connectivity index (χ1v) is 27.2. The molecule has 2 saturated heterocycles. The van der Waals surface area contributed by atoms with Crippen LogP contribution in [0.25, 0.3) is 22.3 Å². The number of aliphatic hydroxyl groups excluding tert-OH is 1. The summed E-state index contributed by atoms with van der Waals surface area (Å²) in [6.45, 7) is 10.9. The number of H-pyrrole nitrogens is 1. The van der Waals surface area contributed by atoms with Crippen LogP contribution < -0.4 is 16.2 Å². The molecule has 2 amide bonds. The largest absolute Gasteiger partial charge is 0.475 e. The minimum atomic E-state index is -5.05. The lowest BCUT2D eigenvalue weighted by molar-refractivity contribution is -0.118. The molecule has 2 aliphatic rings. The Hall–Kier alpha value is -5.20. The van der Waals surface area contributed by atoms with Crippen LogP contribution in [0.15, 0.2) is 54.1 Å². The van der Waals surface area contributed by atoms with E-state index >= 15 is 8.96 Å². The standard InChI is InChI=1S/C40H52FN11O14P2Si/c1-21(2)34(54)49-39-48-33-27(36(56)50-39)46-20-52(33)38-30(29(23(16-53)62-38)66-69(6,7)40(3,4)5)65-68(59,60-15-11-14-42)61-17-24-28(64-67(57)58)25(41)37(63-24)51-19-45-26-31(43-18-44-32(26)51)47-35(55)22-12-9-8-10-13-22/h8-10,12-13,18-21,23-25,28-30,37-38,53,67H,11,15-17H2,1-7H3,(H,57,58)(H,43,44,47,55)(H2,48,49,50,54,56)/t23-,24-,25?,28+,29+,30?,37-,38-,68?/m1/s1. The number of benzene rings is 1. The average Bonchev–Trinajstić information content (AvgIpc) is 4.07. The highest BCUT2D eigenvalue weighted by Crippen LogP contribution is 2.56. The van der Waals surface area contributed by atoms with Crippen molar-refractivity contribution in [1.29, 1.82) is 5.26 Å². The van der Waals surface area contributed by atoms with Gasteiger partial charge in [-0.25, -0.2) is 28.9 Å². The molecule has 2 fully saturated rings. The van der Waals surface area contributed by atoms with Gasteiger partial charge in [0.1, 0.15) is 36.8 Å². The van der Waals surface area contributed by atoms with E-state index in [0.717, 1.165) is 17.2 Å². The van der Waals surface area contributed by atoms with Crippen LogP contribution in [0.3, 0.4) is 0 Å². The summed E-state index contributed by atoms with van der Waals surface area (Å²) in [7, 11) is -11.8. The quantitative estimate of drug-likeness (QED) is 0.0431. The summed E-state index contributed by atoms with van der Waals surface area (Å²) >= 11 is 0. The van der Waals surface area contributed by atoms with Crippen molar-refractivity contribution in [2.24, 2.45) is 5.92 Å². The zero-order chi connectivity index (χ0) is 50.0. The number of amides is 2. The number of imidazole rings is 2. The van der Waals surface area contributed by atoms with E-state index in [9.17, 15) is 34.2 Å². The Bertz CT molecular complexity index is 2840. The van der Waals surface area contributed by atoms with Crippen molar-refractivity contribution in [1.82, 2.24) is 39.0 Å². The molecule has 7 rings (SSSR count). The van der Waals surface area contributed by atoms with Crippen LogP contribution in [0.1, 0.15) is 63.9 Å². The lowest BCUT2D eigenvalue weighted by atomic mass is 10.1. The molecule has 0 bridgehead atoms. The summed E-state index contributed by atoms with van der Waals surface area (Å²) < 4.78 is 88.3. The zero-order valence-corrected chi connectivity index (χ0v) is 41.2. The first-order valence-electron chi connectivity index (χ1n) is 21.5. The third-order valence-corrected chi connectivity index (χ3v) is 18.1. The molecule has 6 heterocycles. The lowest BCUT2D eigenvalue weighted by Crippen LogP contribution is -2.50. The topological polar surface area (TPSA) is 328 Å². The molecule has 0 aliphatic carbocycles. The number of anilines is 2. The number of carbonyl (C=O) groups is 2. The number of hydrogen-bond acceptors (Lipinski definition) is 19. The number of alkyl halides is 1. The number of phosphoric acid groups is 1. The van der Waals surface area contributed by atoms with E-state index in [1.54, 1.807) is 44.2 Å². The second-order valence-corrected chi connectivity index (χ2v) is 24.9. The minimum absolute atomic E-state index is 0.0109. The van der Waals surface area contributed by atoms with Gasteiger partial charge in [-0.05, 0) is 30.3 Å². The van der Waals surface area contributed by atoms with Crippen LogP contribution in [0.5, 0.6) is 0 Å². The predicted octanol–water partition coefficient (Wildman–Crippen LogP) is 4.53. The molecular formula is C40H52FN11O14P2Si. The van der Waals surface area contributed by atoms with E-state index in [1.165, 1.54) is 10.9 Å². The van der Waals surface area contributed by atoms with Gasteiger partial charge in [0.15, 0.2) is 55.1 Å². The number of aromatic amines is 1. The van der Waals surface area contributed by atoms with Gasteiger partial charge >= 0.3 is 16.1 Å². The fourth-order valence-corrected chi connectivity index (χ4v) is 10.3. The normalized spacial score (nSPS) is 24.4. The van der Waals surface area contributed by atoms with Gasteiger partial charge in [0, 0.05) is 11.5 Å². The number of aliphatic hydroxyl groups is 1. The van der Waals surface area contributed by atoms with Crippen molar-refractivity contribution in [3.8, 4) is 6.07 Å². The molecular weight excluding hydrogens is 968 g/mol. The second-order valence-electron chi connectivity index (χ2n) is 17.8. The number of halogens is 1. The Morgan fingerprint density at radius 3 is 2.33 bits per heavy atom. The molecule has 0 radical (unpaired) electrons. The number of rotatable bonds is 19. The molecule has 5 N–H and O–H groups in total. The summed E-state index contributed by atoms with van der Waals surface area (Å²) in [5, 5.41) is 24.9. The Morgan fingerprint density at radius 2 is 1.68 bits per heavy atom. The maximum Gasteiger partial charge on any atom is 0.475 e. The molecule has 69 heavy (non-hydrogen) atoms. The van der Waals surface area contributed by atoms with Gasteiger partial charge < -0.3 is 33.7 Å². The molecule has 29 heteroatoms. The van der Waals surface area contributed by atoms with Crippen molar-refractivity contribution in [3.05, 3.63) is 65.2 Å². The number of nitriles is 1. The summed E-state index contributed by atoms with van der Waals surface area (Å²) in [6.07, 6.45) is -9.68. The van der Waals surface area contributed by atoms with Gasteiger partial charge in [0.2, 0.25) is 11.9 Å². The summed E-state index contributed by atoms with van der Waals surface area (Å²) in [6, 6.07) is 10.1. The fraction of sp³-hybridized carbons (Fsp3) is 0.525. The summed E-state index contributed by atoms with van der Waals surface area (Å²) in [4.78, 5) is 72.4. The van der Waals surface area contributed by atoms with E-state index in [0.29, 0.717) is 5.56 Å². The first kappa shape index (κ1) is 51.6. The predicted molar refractivity (Wildman–Crippen MR) is 244 cm³/mol. The molecule has 0 saturated carbocycles. The third kappa shape index (κ3) is 11.2. The Balaban J connectivity index is 1.22. The van der Waals surface area contributed by atoms with E-state index < -0.39 is 122 Å². The monoisotopic (exact) mass is 1020 g/mol. The van der Waals surface area contributed by atoms with Crippen LogP contribution in [-0.4, -0.2) is 126 Å². The van der Waals surface area contributed by atoms with Crippen LogP contribution in [0.4, 0.5) is 16.2 Å². The van der Waals surface area contributed by atoms with E-state index in [2.05, 4.69) is 40.5 Å². The maximum atomic E-state index is 16.6. The van der Waals surface area contributed by atoms with Gasteiger partial charge in [-0.3, -0.25) is 52.0 Å². The van der Waals surface area contributed by atoms with Gasteiger partial charge in [0.25, 0.3) is 11.5 Å². The van der Waals surface area contributed by atoms with Crippen LogP contribution >= 0.6 is 16.1 Å². The maximum absolute atomic E-state index is 16.6. The molecule has 0 spiro atoms.